The summed E-state index contributed by atoms with van der Waals surface area (Å²) in [5.74, 6) is 3.20. The van der Waals surface area contributed by atoms with Gasteiger partial charge in [-0.05, 0) is 57.8 Å². The van der Waals surface area contributed by atoms with Gasteiger partial charge in [0.25, 0.3) is 0 Å². The first-order valence-corrected chi connectivity index (χ1v) is 8.86. The summed E-state index contributed by atoms with van der Waals surface area (Å²) in [6.45, 7) is 8.96. The molecule has 0 aromatic carbocycles. The zero-order chi connectivity index (χ0) is 15.6. The lowest BCUT2D eigenvalue weighted by atomic mass is 9.91. The molecule has 2 aliphatic rings. The monoisotopic (exact) mass is 313 g/mol. The van der Waals surface area contributed by atoms with Gasteiger partial charge < -0.3 is 9.64 Å². The van der Waals surface area contributed by atoms with Crippen LogP contribution in [0.5, 0.6) is 0 Å². The quantitative estimate of drug-likeness (QED) is 0.799. The normalized spacial score (nSPS) is 26.6. The Kier molecular flexibility index (Phi) is 5.23. The van der Waals surface area contributed by atoms with Gasteiger partial charge in [-0.15, -0.1) is 0 Å². The number of nitrogens with zero attached hydrogens (tertiary/aromatic N) is 1. The third-order valence-corrected chi connectivity index (χ3v) is 5.28. The van der Waals surface area contributed by atoms with Gasteiger partial charge in [0.2, 0.25) is 0 Å². The van der Waals surface area contributed by atoms with Crippen LogP contribution >= 0.6 is 11.8 Å². The number of thioether (sulfide) groups is 1. The molecule has 2 rings (SSSR count). The van der Waals surface area contributed by atoms with E-state index in [0.29, 0.717) is 0 Å². The Morgan fingerprint density at radius 3 is 2.38 bits per heavy atom. The van der Waals surface area contributed by atoms with Gasteiger partial charge in [-0.1, -0.05) is 11.8 Å². The first-order chi connectivity index (χ1) is 9.76. The van der Waals surface area contributed by atoms with Gasteiger partial charge in [0.15, 0.2) is 5.12 Å². The number of piperidine rings is 1. The third-order valence-electron chi connectivity index (χ3n) is 4.27. The molecule has 21 heavy (non-hydrogen) atoms. The Labute approximate surface area is 132 Å². The molecule has 0 bridgehead atoms. The number of amides is 1. The van der Waals surface area contributed by atoms with Gasteiger partial charge in [-0.3, -0.25) is 4.79 Å². The van der Waals surface area contributed by atoms with E-state index in [0.717, 1.165) is 49.4 Å². The molecule has 0 N–H and O–H groups in total. The predicted molar refractivity (Wildman–Crippen MR) is 85.3 cm³/mol. The molecule has 5 heteroatoms. The van der Waals surface area contributed by atoms with Crippen LogP contribution < -0.4 is 0 Å². The molecule has 0 aromatic heterocycles. The zero-order valence-electron chi connectivity index (χ0n) is 13.6. The minimum Gasteiger partial charge on any atom is -0.444 e. The van der Waals surface area contributed by atoms with E-state index < -0.39 is 5.60 Å². The average molecular weight is 313 g/mol. The molecule has 1 saturated carbocycles. The maximum absolute atomic E-state index is 12.0. The van der Waals surface area contributed by atoms with E-state index in [1.165, 1.54) is 18.2 Å². The van der Waals surface area contributed by atoms with Crippen LogP contribution in [-0.4, -0.2) is 40.6 Å². The fourth-order valence-electron chi connectivity index (χ4n) is 3.10. The summed E-state index contributed by atoms with van der Waals surface area (Å²) >= 11 is 1.46. The van der Waals surface area contributed by atoms with E-state index in [2.05, 4.69) is 0 Å². The van der Waals surface area contributed by atoms with E-state index in [4.69, 9.17) is 4.74 Å². The average Bonchev–Trinajstić information content (AvgIpc) is 3.14. The molecule has 1 aliphatic carbocycles. The highest BCUT2D eigenvalue weighted by molar-refractivity contribution is 8.13. The first kappa shape index (κ1) is 16.7. The van der Waals surface area contributed by atoms with Crippen LogP contribution in [0.3, 0.4) is 0 Å². The Morgan fingerprint density at radius 2 is 1.86 bits per heavy atom. The largest absolute Gasteiger partial charge is 0.444 e. The minimum absolute atomic E-state index is 0.180. The first-order valence-electron chi connectivity index (χ1n) is 7.87. The molecule has 120 valence electrons. The van der Waals surface area contributed by atoms with E-state index in [9.17, 15) is 9.59 Å². The Bertz CT molecular complexity index is 397. The van der Waals surface area contributed by atoms with E-state index in [1.807, 2.05) is 25.7 Å². The lowest BCUT2D eigenvalue weighted by Gasteiger charge is -2.33. The molecule has 0 radical (unpaired) electrons. The van der Waals surface area contributed by atoms with Crippen LogP contribution in [0.4, 0.5) is 4.79 Å². The summed E-state index contributed by atoms with van der Waals surface area (Å²) in [5.41, 5.74) is -0.417. The zero-order valence-corrected chi connectivity index (χ0v) is 14.4. The summed E-state index contributed by atoms with van der Waals surface area (Å²) in [5, 5.41) is 0.223. The van der Waals surface area contributed by atoms with Crippen molar-refractivity contribution >= 4 is 23.0 Å². The number of rotatable bonds is 3. The van der Waals surface area contributed by atoms with Crippen molar-refractivity contribution in [3.63, 3.8) is 0 Å². The highest BCUT2D eigenvalue weighted by atomic mass is 32.2. The van der Waals surface area contributed by atoms with Crippen LogP contribution in [0.25, 0.3) is 0 Å². The lowest BCUT2D eigenvalue weighted by Crippen LogP contribution is -2.42. The molecule has 1 amide bonds. The van der Waals surface area contributed by atoms with Crippen LogP contribution in [-0.2, 0) is 9.53 Å². The fourth-order valence-corrected chi connectivity index (χ4v) is 3.93. The Morgan fingerprint density at radius 1 is 1.24 bits per heavy atom. The summed E-state index contributed by atoms with van der Waals surface area (Å²) in [6, 6.07) is 0. The number of likely N-dealkylation sites (tertiary alicyclic amines) is 1. The summed E-state index contributed by atoms with van der Waals surface area (Å²) in [4.78, 5) is 24.8. The van der Waals surface area contributed by atoms with E-state index >= 15 is 0 Å². The third kappa shape index (κ3) is 5.20. The molecule has 0 unspecified atom stereocenters. The minimum atomic E-state index is -0.417. The highest BCUT2D eigenvalue weighted by Crippen LogP contribution is 2.49. The number of ether oxygens (including phenoxy) is 1. The van der Waals surface area contributed by atoms with Crippen LogP contribution in [0.1, 0.15) is 47.0 Å². The van der Waals surface area contributed by atoms with Gasteiger partial charge in [0.1, 0.15) is 5.60 Å². The van der Waals surface area contributed by atoms with Gasteiger partial charge in [-0.2, -0.15) is 0 Å². The van der Waals surface area contributed by atoms with Gasteiger partial charge in [-0.25, -0.2) is 4.79 Å². The van der Waals surface area contributed by atoms with Gasteiger partial charge >= 0.3 is 6.09 Å². The molecule has 1 saturated heterocycles. The second-order valence-corrected chi connectivity index (χ2v) is 8.46. The molecule has 1 aliphatic heterocycles. The molecular weight excluding hydrogens is 286 g/mol. The molecule has 4 nitrogen and oxygen atoms in total. The number of carbonyl (C=O) groups excluding carboxylic acids is 2. The molecule has 2 fully saturated rings. The standard InChI is InChI=1S/C16H27NO3S/c1-11(18)21-10-13-9-14(13)12-5-7-17(8-6-12)15(19)20-16(2,3)4/h12-14H,5-10H2,1-4H3/t13-,14+/m0/s1. The van der Waals surface area contributed by atoms with Crippen molar-refractivity contribution in [2.75, 3.05) is 18.8 Å². The van der Waals surface area contributed by atoms with Crippen molar-refractivity contribution in [1.29, 1.82) is 0 Å². The maximum atomic E-state index is 12.0. The SMILES string of the molecule is CC(=O)SC[C@@H]1C[C@@H]1C1CCN(C(=O)OC(C)(C)C)CC1. The highest BCUT2D eigenvalue weighted by Gasteiger charge is 2.44. The number of hydrogen-bond acceptors (Lipinski definition) is 4. The smallest absolute Gasteiger partial charge is 0.410 e. The van der Waals surface area contributed by atoms with Gasteiger partial charge in [0.05, 0.1) is 0 Å². The van der Waals surface area contributed by atoms with Crippen molar-refractivity contribution < 1.29 is 14.3 Å². The molecule has 1 heterocycles. The molecular formula is C16H27NO3S. The summed E-state index contributed by atoms with van der Waals surface area (Å²) in [6.07, 6.45) is 3.23. The molecule has 0 aromatic rings. The number of carbonyl (C=O) groups is 2. The molecule has 0 spiro atoms. The van der Waals surface area contributed by atoms with Crippen LogP contribution in [0.15, 0.2) is 0 Å². The lowest BCUT2D eigenvalue weighted by molar-refractivity contribution is -0.109. The summed E-state index contributed by atoms with van der Waals surface area (Å²) < 4.78 is 5.42. The topological polar surface area (TPSA) is 46.6 Å². The number of hydrogen-bond donors (Lipinski definition) is 0. The summed E-state index contributed by atoms with van der Waals surface area (Å²) in [7, 11) is 0. The fraction of sp³-hybridized carbons (Fsp3) is 0.875. The second-order valence-electron chi connectivity index (χ2n) is 7.27. The molecule has 2 atom stereocenters. The van der Waals surface area contributed by atoms with Crippen molar-refractivity contribution in [2.24, 2.45) is 17.8 Å². The van der Waals surface area contributed by atoms with E-state index in [1.54, 1.807) is 6.92 Å². The van der Waals surface area contributed by atoms with Crippen molar-refractivity contribution in [3.05, 3.63) is 0 Å². The van der Waals surface area contributed by atoms with Gasteiger partial charge in [0, 0.05) is 25.8 Å². The second kappa shape index (κ2) is 6.59. The Balaban J connectivity index is 1.70. The van der Waals surface area contributed by atoms with Crippen molar-refractivity contribution in [3.8, 4) is 0 Å². The van der Waals surface area contributed by atoms with Crippen molar-refractivity contribution in [1.82, 2.24) is 4.90 Å². The van der Waals surface area contributed by atoms with Crippen LogP contribution in [0.2, 0.25) is 0 Å². The van der Waals surface area contributed by atoms with Crippen LogP contribution in [0, 0.1) is 17.8 Å². The predicted octanol–water partition coefficient (Wildman–Crippen LogP) is 3.55. The van der Waals surface area contributed by atoms with E-state index in [-0.39, 0.29) is 11.2 Å². The Hall–Kier alpha value is -0.710. The van der Waals surface area contributed by atoms with Crippen molar-refractivity contribution in [2.45, 2.75) is 52.6 Å². The maximum Gasteiger partial charge on any atom is 0.410 e.